The molecule has 3 heterocycles. The van der Waals surface area contributed by atoms with Gasteiger partial charge in [-0.15, -0.1) is 0 Å². The predicted octanol–water partition coefficient (Wildman–Crippen LogP) is 3.71. The molecule has 0 saturated carbocycles. The summed E-state index contributed by atoms with van der Waals surface area (Å²) in [6, 6.07) is 7.81. The Morgan fingerprint density at radius 1 is 1.11 bits per heavy atom. The second-order valence-corrected chi connectivity index (χ2v) is 6.96. The highest BCUT2D eigenvalue weighted by atomic mass is 19.1. The second-order valence-electron chi connectivity index (χ2n) is 6.96. The Morgan fingerprint density at radius 3 is 2.78 bits per heavy atom. The van der Waals surface area contributed by atoms with Crippen molar-refractivity contribution in [2.75, 3.05) is 6.54 Å². The number of nitrogens with one attached hydrogen (secondary N) is 3. The quantitative estimate of drug-likeness (QED) is 0.645. The number of rotatable bonds is 2. The molecule has 2 aliphatic heterocycles. The van der Waals surface area contributed by atoms with E-state index in [1.54, 1.807) is 12.1 Å². The smallest absolute Gasteiger partial charge is 0.275 e. The maximum Gasteiger partial charge on any atom is 0.275 e. The van der Waals surface area contributed by atoms with E-state index in [1.807, 2.05) is 6.07 Å². The van der Waals surface area contributed by atoms with Crippen LogP contribution >= 0.6 is 0 Å². The van der Waals surface area contributed by atoms with Gasteiger partial charge in [0.25, 0.3) is 5.91 Å². The highest BCUT2D eigenvalue weighted by Crippen LogP contribution is 2.37. The molecule has 2 aromatic carbocycles. The van der Waals surface area contributed by atoms with E-state index in [9.17, 15) is 13.6 Å². The second kappa shape index (κ2) is 6.14. The number of carbonyl (C=O) groups is 1. The molecule has 0 spiro atoms. The van der Waals surface area contributed by atoms with Crippen molar-refractivity contribution in [2.24, 2.45) is 0 Å². The van der Waals surface area contributed by atoms with E-state index in [0.717, 1.165) is 24.9 Å². The molecule has 1 atom stereocenters. The summed E-state index contributed by atoms with van der Waals surface area (Å²) in [7, 11) is 0. The van der Waals surface area contributed by atoms with Gasteiger partial charge in [0, 0.05) is 28.1 Å². The zero-order valence-electron chi connectivity index (χ0n) is 14.4. The molecule has 1 fully saturated rings. The third-order valence-corrected chi connectivity index (χ3v) is 5.32. The number of halogens is 2. The number of aromatic amines is 1. The first kappa shape index (κ1) is 16.4. The van der Waals surface area contributed by atoms with E-state index in [0.29, 0.717) is 27.7 Å². The van der Waals surface area contributed by atoms with Gasteiger partial charge >= 0.3 is 0 Å². The van der Waals surface area contributed by atoms with Crippen molar-refractivity contribution < 1.29 is 18.4 Å². The Kier molecular flexibility index (Phi) is 3.73. The lowest BCUT2D eigenvalue weighted by Gasteiger charge is -2.12. The van der Waals surface area contributed by atoms with Crippen LogP contribution in [0.25, 0.3) is 22.2 Å². The van der Waals surface area contributed by atoms with Gasteiger partial charge in [0.05, 0.1) is 11.3 Å². The average Bonchev–Trinajstić information content (AvgIpc) is 3.25. The fraction of sp³-hybridized carbons (Fsp3) is 0.250. The van der Waals surface area contributed by atoms with Gasteiger partial charge in [-0.05, 0) is 49.2 Å². The molecule has 3 aromatic rings. The monoisotopic (exact) mass is 369 g/mol. The van der Waals surface area contributed by atoms with E-state index >= 15 is 0 Å². The van der Waals surface area contributed by atoms with Gasteiger partial charge < -0.3 is 10.3 Å². The van der Waals surface area contributed by atoms with Gasteiger partial charge in [0.2, 0.25) is 0 Å². The number of H-pyrrole nitrogens is 1. The molecule has 7 heteroatoms. The average molecular weight is 369 g/mol. The summed E-state index contributed by atoms with van der Waals surface area (Å²) in [5, 5.41) is 3.92. The first-order chi connectivity index (χ1) is 13.1. The number of carbonyl (C=O) groups excluding carboxylic acids is 1. The highest BCUT2D eigenvalue weighted by Gasteiger charge is 2.26. The van der Waals surface area contributed by atoms with Gasteiger partial charge in [0.1, 0.15) is 18.2 Å². The summed E-state index contributed by atoms with van der Waals surface area (Å²) in [6.45, 7) is 0.998. The van der Waals surface area contributed by atoms with Crippen LogP contribution in [0, 0.1) is 11.6 Å². The number of hydroxylamine groups is 1. The summed E-state index contributed by atoms with van der Waals surface area (Å²) < 4.78 is 28.9. The minimum atomic E-state index is -0.544. The Bertz CT molecular complexity index is 1070. The molecule has 3 N–H and O–H groups in total. The number of hydrogen-bond donors (Lipinski definition) is 3. The van der Waals surface area contributed by atoms with Crippen LogP contribution in [0.2, 0.25) is 0 Å². The van der Waals surface area contributed by atoms with Gasteiger partial charge in [-0.25, -0.2) is 14.3 Å². The molecule has 5 rings (SSSR count). The van der Waals surface area contributed by atoms with Crippen LogP contribution in [0.3, 0.4) is 0 Å². The highest BCUT2D eigenvalue weighted by molar-refractivity contribution is 6.09. The Hall–Kier alpha value is -2.77. The predicted molar refractivity (Wildman–Crippen MR) is 95.9 cm³/mol. The van der Waals surface area contributed by atoms with Gasteiger partial charge in [-0.3, -0.25) is 9.63 Å². The minimum Gasteiger partial charge on any atom is -0.354 e. The van der Waals surface area contributed by atoms with E-state index < -0.39 is 11.7 Å². The van der Waals surface area contributed by atoms with E-state index in [2.05, 4.69) is 15.8 Å². The fourth-order valence-electron chi connectivity index (χ4n) is 4.07. The maximum absolute atomic E-state index is 15.0. The van der Waals surface area contributed by atoms with E-state index in [-0.39, 0.29) is 24.0 Å². The zero-order chi connectivity index (χ0) is 18.5. The van der Waals surface area contributed by atoms with Crippen LogP contribution < -0.4 is 10.8 Å². The van der Waals surface area contributed by atoms with Crippen LogP contribution in [0.4, 0.5) is 8.78 Å². The topological polar surface area (TPSA) is 66.2 Å². The Labute approximate surface area is 153 Å². The largest absolute Gasteiger partial charge is 0.354 e. The number of benzene rings is 2. The van der Waals surface area contributed by atoms with Crippen LogP contribution in [0.15, 0.2) is 30.3 Å². The molecule has 1 amide bonds. The van der Waals surface area contributed by atoms with Crippen LogP contribution in [-0.4, -0.2) is 17.4 Å². The Morgan fingerprint density at radius 2 is 2.00 bits per heavy atom. The number of aromatic nitrogens is 1. The lowest BCUT2D eigenvalue weighted by Crippen LogP contribution is -2.21. The van der Waals surface area contributed by atoms with Crippen molar-refractivity contribution in [1.82, 2.24) is 15.8 Å². The van der Waals surface area contributed by atoms with Crippen molar-refractivity contribution >= 4 is 16.8 Å². The lowest BCUT2D eigenvalue weighted by molar-refractivity contribution is 0.0255. The molecule has 1 saturated heterocycles. The van der Waals surface area contributed by atoms with Crippen molar-refractivity contribution in [1.29, 1.82) is 0 Å². The molecule has 138 valence electrons. The third-order valence-electron chi connectivity index (χ3n) is 5.32. The molecule has 5 nitrogen and oxygen atoms in total. The van der Waals surface area contributed by atoms with Gasteiger partial charge in [0.15, 0.2) is 0 Å². The summed E-state index contributed by atoms with van der Waals surface area (Å²) in [6.07, 6.45) is 2.06. The number of hydrogen-bond acceptors (Lipinski definition) is 3. The zero-order valence-corrected chi connectivity index (χ0v) is 14.4. The first-order valence-corrected chi connectivity index (χ1v) is 8.91. The summed E-state index contributed by atoms with van der Waals surface area (Å²) >= 11 is 0. The summed E-state index contributed by atoms with van der Waals surface area (Å²) in [4.78, 5) is 20.4. The molecular formula is C20H17F2N3O2. The van der Waals surface area contributed by atoms with Crippen molar-refractivity contribution in [2.45, 2.75) is 25.5 Å². The van der Waals surface area contributed by atoms with Crippen LogP contribution in [-0.2, 0) is 11.4 Å². The normalized spacial score (nSPS) is 19.3. The van der Waals surface area contributed by atoms with E-state index in [4.69, 9.17) is 4.84 Å². The third kappa shape index (κ3) is 2.62. The minimum absolute atomic E-state index is 0.0606. The molecular weight excluding hydrogens is 352 g/mol. The van der Waals surface area contributed by atoms with E-state index in [1.165, 1.54) is 12.1 Å². The standard InChI is InChI=1S/C20H17F2N3O2/c21-11-7-13-18-14(9-27-25-20(13)26)19(24-17(18)8-11)12-4-3-10(6-15(12)22)16-2-1-5-23-16/h3-4,6-8,16,23-24H,1-2,5,9H2,(H,25,26)/t16-/m1/s1. The molecule has 2 aliphatic rings. The molecule has 1 aromatic heterocycles. The maximum atomic E-state index is 15.0. The summed E-state index contributed by atoms with van der Waals surface area (Å²) in [5.74, 6) is -1.43. The first-order valence-electron chi connectivity index (χ1n) is 8.91. The fourth-order valence-corrected chi connectivity index (χ4v) is 4.07. The molecule has 0 bridgehead atoms. The SMILES string of the molecule is O=C1NOCc2c(-c3ccc([C@H]4CCCN4)cc3F)[nH]c3cc(F)cc1c23. The molecule has 0 unspecified atom stereocenters. The van der Waals surface area contributed by atoms with Crippen LogP contribution in [0.5, 0.6) is 0 Å². The van der Waals surface area contributed by atoms with Gasteiger partial charge in [-0.2, -0.15) is 0 Å². The van der Waals surface area contributed by atoms with Crippen molar-refractivity contribution in [3.05, 3.63) is 58.7 Å². The molecule has 27 heavy (non-hydrogen) atoms. The molecule has 0 radical (unpaired) electrons. The Balaban J connectivity index is 1.68. The summed E-state index contributed by atoms with van der Waals surface area (Å²) in [5.41, 5.74) is 5.30. The van der Waals surface area contributed by atoms with Crippen LogP contribution in [0.1, 0.15) is 40.4 Å². The van der Waals surface area contributed by atoms with Crippen molar-refractivity contribution in [3.8, 4) is 11.3 Å². The van der Waals surface area contributed by atoms with Crippen molar-refractivity contribution in [3.63, 3.8) is 0 Å². The van der Waals surface area contributed by atoms with Gasteiger partial charge in [-0.1, -0.05) is 6.07 Å². The lowest BCUT2D eigenvalue weighted by atomic mass is 9.98. The molecule has 0 aliphatic carbocycles. The number of amides is 1.